The summed E-state index contributed by atoms with van der Waals surface area (Å²) in [5.41, 5.74) is 1.16. The Balaban J connectivity index is 1.99. The summed E-state index contributed by atoms with van der Waals surface area (Å²) < 4.78 is 4.62. The highest BCUT2D eigenvalue weighted by molar-refractivity contribution is 5.96. The fourth-order valence-electron chi connectivity index (χ4n) is 2.27. The zero-order valence-electron chi connectivity index (χ0n) is 11.2. The average molecular weight is 262 g/mol. The van der Waals surface area contributed by atoms with E-state index in [4.69, 9.17) is 0 Å². The van der Waals surface area contributed by atoms with Crippen molar-refractivity contribution in [3.05, 3.63) is 29.8 Å². The summed E-state index contributed by atoms with van der Waals surface area (Å²) in [5.74, 6) is -0.376. The summed E-state index contributed by atoms with van der Waals surface area (Å²) in [6, 6.07) is 6.64. The van der Waals surface area contributed by atoms with Crippen molar-refractivity contribution in [1.82, 2.24) is 4.90 Å². The minimum Gasteiger partial charge on any atom is -0.465 e. The highest BCUT2D eigenvalue weighted by Crippen LogP contribution is 2.17. The summed E-state index contributed by atoms with van der Waals surface area (Å²) in [4.78, 5) is 25.4. The number of carbonyl (C=O) groups is 2. The van der Waals surface area contributed by atoms with Crippen molar-refractivity contribution in [2.24, 2.45) is 0 Å². The number of esters is 1. The van der Waals surface area contributed by atoms with Crippen LogP contribution in [0.2, 0.25) is 0 Å². The monoisotopic (exact) mass is 262 g/mol. The summed E-state index contributed by atoms with van der Waals surface area (Å²) in [6.07, 6.45) is 1.94. The number of benzene rings is 1. The van der Waals surface area contributed by atoms with E-state index in [1.54, 1.807) is 24.3 Å². The van der Waals surface area contributed by atoms with Crippen molar-refractivity contribution in [3.63, 3.8) is 0 Å². The Bertz CT molecular complexity index is 470. The van der Waals surface area contributed by atoms with Gasteiger partial charge in [-0.2, -0.15) is 0 Å². The largest absolute Gasteiger partial charge is 0.465 e. The molecule has 0 saturated carbocycles. The third-order valence-electron chi connectivity index (χ3n) is 3.40. The van der Waals surface area contributed by atoms with E-state index in [1.165, 1.54) is 7.11 Å². The van der Waals surface area contributed by atoms with Crippen molar-refractivity contribution in [1.29, 1.82) is 0 Å². The predicted molar refractivity (Wildman–Crippen MR) is 72.1 cm³/mol. The average Bonchev–Trinajstić information content (AvgIpc) is 2.85. The number of ether oxygens (including phenoxy) is 1. The van der Waals surface area contributed by atoms with Crippen LogP contribution < -0.4 is 5.32 Å². The van der Waals surface area contributed by atoms with Crippen LogP contribution in [0.5, 0.6) is 0 Å². The van der Waals surface area contributed by atoms with Gasteiger partial charge in [0.1, 0.15) is 0 Å². The predicted octanol–water partition coefficient (Wildman–Crippen LogP) is 1.51. The molecule has 1 aliphatic heterocycles. The Labute approximate surface area is 112 Å². The molecular weight excluding hydrogens is 244 g/mol. The number of rotatable bonds is 3. The lowest BCUT2D eigenvalue weighted by Crippen LogP contribution is -2.37. The van der Waals surface area contributed by atoms with Crippen molar-refractivity contribution < 1.29 is 14.3 Å². The number of likely N-dealkylation sites (N-methyl/N-ethyl adjacent to an activating group) is 1. The van der Waals surface area contributed by atoms with Gasteiger partial charge in [-0.05, 0) is 50.7 Å². The van der Waals surface area contributed by atoms with Gasteiger partial charge in [-0.25, -0.2) is 4.79 Å². The molecule has 0 spiro atoms. The maximum Gasteiger partial charge on any atom is 0.337 e. The third kappa shape index (κ3) is 3.12. The van der Waals surface area contributed by atoms with Crippen LogP contribution in [0.15, 0.2) is 24.3 Å². The lowest BCUT2D eigenvalue weighted by atomic mass is 10.2. The van der Waals surface area contributed by atoms with Crippen LogP contribution in [0.25, 0.3) is 0 Å². The standard InChI is InChI=1S/C14H18N2O3/c1-16-9-3-4-12(16)13(17)15-11-7-5-10(6-8-11)14(18)19-2/h5-8,12H,3-4,9H2,1-2H3,(H,15,17). The van der Waals surface area contributed by atoms with E-state index in [2.05, 4.69) is 15.0 Å². The van der Waals surface area contributed by atoms with Crippen molar-refractivity contribution in [2.75, 3.05) is 26.0 Å². The number of anilines is 1. The second kappa shape index (κ2) is 5.84. The first-order valence-corrected chi connectivity index (χ1v) is 6.31. The molecule has 1 aromatic rings. The number of carbonyl (C=O) groups excluding carboxylic acids is 2. The highest BCUT2D eigenvalue weighted by atomic mass is 16.5. The van der Waals surface area contributed by atoms with Gasteiger partial charge in [0.15, 0.2) is 0 Å². The number of nitrogens with one attached hydrogen (secondary N) is 1. The molecule has 19 heavy (non-hydrogen) atoms. The Kier molecular flexibility index (Phi) is 4.16. The number of likely N-dealkylation sites (tertiary alicyclic amines) is 1. The Morgan fingerprint density at radius 3 is 2.53 bits per heavy atom. The minimum atomic E-state index is -0.381. The smallest absolute Gasteiger partial charge is 0.337 e. The summed E-state index contributed by atoms with van der Waals surface area (Å²) in [7, 11) is 3.30. The van der Waals surface area contributed by atoms with E-state index in [0.717, 1.165) is 19.4 Å². The van der Waals surface area contributed by atoms with Gasteiger partial charge >= 0.3 is 5.97 Å². The summed E-state index contributed by atoms with van der Waals surface area (Å²) in [5, 5.41) is 2.87. The third-order valence-corrected chi connectivity index (χ3v) is 3.40. The number of amides is 1. The van der Waals surface area contributed by atoms with Gasteiger partial charge in [0, 0.05) is 5.69 Å². The van der Waals surface area contributed by atoms with Crippen LogP contribution in [0, 0.1) is 0 Å². The zero-order chi connectivity index (χ0) is 13.8. The lowest BCUT2D eigenvalue weighted by Gasteiger charge is -2.18. The van der Waals surface area contributed by atoms with E-state index in [0.29, 0.717) is 11.3 Å². The first kappa shape index (κ1) is 13.5. The molecule has 0 radical (unpaired) electrons. The summed E-state index contributed by atoms with van der Waals surface area (Å²) >= 11 is 0. The van der Waals surface area contributed by atoms with Gasteiger partial charge in [0.2, 0.25) is 5.91 Å². The van der Waals surface area contributed by atoms with E-state index < -0.39 is 0 Å². The molecule has 1 N–H and O–H groups in total. The molecule has 1 aromatic carbocycles. The van der Waals surface area contributed by atoms with Crippen LogP contribution in [0.4, 0.5) is 5.69 Å². The number of methoxy groups -OCH3 is 1. The summed E-state index contributed by atoms with van der Waals surface area (Å²) in [6.45, 7) is 0.958. The molecule has 1 fully saturated rings. The zero-order valence-corrected chi connectivity index (χ0v) is 11.2. The fourth-order valence-corrected chi connectivity index (χ4v) is 2.27. The Morgan fingerprint density at radius 2 is 2.00 bits per heavy atom. The highest BCUT2D eigenvalue weighted by Gasteiger charge is 2.27. The van der Waals surface area contributed by atoms with E-state index in [1.807, 2.05) is 7.05 Å². The van der Waals surface area contributed by atoms with E-state index in [-0.39, 0.29) is 17.9 Å². The molecule has 102 valence electrons. The number of hydrogen-bond acceptors (Lipinski definition) is 4. The fraction of sp³-hybridized carbons (Fsp3) is 0.429. The van der Waals surface area contributed by atoms with E-state index in [9.17, 15) is 9.59 Å². The molecule has 1 saturated heterocycles. The topological polar surface area (TPSA) is 58.6 Å². The minimum absolute atomic E-state index is 0.00539. The first-order valence-electron chi connectivity index (χ1n) is 6.31. The maximum atomic E-state index is 12.1. The van der Waals surface area contributed by atoms with Gasteiger partial charge in [0.05, 0.1) is 18.7 Å². The molecule has 2 rings (SSSR count). The molecule has 5 nitrogen and oxygen atoms in total. The van der Waals surface area contributed by atoms with Gasteiger partial charge < -0.3 is 10.1 Å². The molecule has 0 aromatic heterocycles. The van der Waals surface area contributed by atoms with Crippen molar-refractivity contribution >= 4 is 17.6 Å². The van der Waals surface area contributed by atoms with Crippen LogP contribution in [-0.2, 0) is 9.53 Å². The number of nitrogens with zero attached hydrogens (tertiary/aromatic N) is 1. The molecule has 1 heterocycles. The van der Waals surface area contributed by atoms with Gasteiger partial charge in [0.25, 0.3) is 0 Å². The second-order valence-electron chi connectivity index (χ2n) is 4.70. The molecule has 0 bridgehead atoms. The van der Waals surface area contributed by atoms with Crippen LogP contribution in [0.3, 0.4) is 0 Å². The normalized spacial score (nSPS) is 19.2. The van der Waals surface area contributed by atoms with Crippen LogP contribution >= 0.6 is 0 Å². The first-order chi connectivity index (χ1) is 9.11. The maximum absolute atomic E-state index is 12.1. The van der Waals surface area contributed by atoms with Crippen molar-refractivity contribution in [3.8, 4) is 0 Å². The molecule has 0 aliphatic carbocycles. The van der Waals surface area contributed by atoms with Crippen LogP contribution in [-0.4, -0.2) is 43.5 Å². The molecule has 5 heteroatoms. The second-order valence-corrected chi connectivity index (χ2v) is 4.70. The quantitative estimate of drug-likeness (QED) is 0.839. The van der Waals surface area contributed by atoms with E-state index >= 15 is 0 Å². The molecule has 1 amide bonds. The molecule has 1 atom stereocenters. The Morgan fingerprint density at radius 1 is 1.32 bits per heavy atom. The molecular formula is C14H18N2O3. The van der Waals surface area contributed by atoms with Crippen LogP contribution in [0.1, 0.15) is 23.2 Å². The molecule has 1 unspecified atom stereocenters. The van der Waals surface area contributed by atoms with Gasteiger partial charge in [-0.15, -0.1) is 0 Å². The SMILES string of the molecule is COC(=O)c1ccc(NC(=O)C2CCCN2C)cc1. The van der Waals surface area contributed by atoms with Crippen molar-refractivity contribution in [2.45, 2.75) is 18.9 Å². The van der Waals surface area contributed by atoms with Gasteiger partial charge in [-0.3, -0.25) is 9.69 Å². The number of hydrogen-bond donors (Lipinski definition) is 1. The molecule has 1 aliphatic rings. The Hall–Kier alpha value is -1.88. The van der Waals surface area contributed by atoms with Gasteiger partial charge in [-0.1, -0.05) is 0 Å². The lowest BCUT2D eigenvalue weighted by molar-refractivity contribution is -0.119.